The van der Waals surface area contributed by atoms with Crippen LogP contribution < -0.4 is 10.6 Å². The lowest BCUT2D eigenvalue weighted by atomic mass is 10.2. The van der Waals surface area contributed by atoms with E-state index in [9.17, 15) is 19.5 Å². The third-order valence-corrected chi connectivity index (χ3v) is 2.80. The minimum Gasteiger partial charge on any atom is -0.480 e. The number of β-amino-alcohol motifs (C(OH)–C–C–N with tert-alkyl or cyclic N) is 1. The Morgan fingerprint density at radius 3 is 2.58 bits per heavy atom. The Morgan fingerprint density at radius 2 is 2.00 bits per heavy atom. The van der Waals surface area contributed by atoms with Crippen LogP contribution in [0.3, 0.4) is 0 Å². The third kappa shape index (κ3) is 4.40. The molecule has 1 aliphatic rings. The standard InChI is InChI=1S/C11H19N3O5/c1-2-3-12-9(16)5-13-11(19)14-6-7(15)4-8(14)10(17)18/h7-8,15H,2-6H2,1H3,(H,12,16)(H,13,19)(H,17,18). The molecular formula is C11H19N3O5. The van der Waals surface area contributed by atoms with Gasteiger partial charge in [-0.3, -0.25) is 4.79 Å². The summed E-state index contributed by atoms with van der Waals surface area (Å²) < 4.78 is 0. The summed E-state index contributed by atoms with van der Waals surface area (Å²) in [5, 5.41) is 23.3. The van der Waals surface area contributed by atoms with E-state index >= 15 is 0 Å². The average Bonchev–Trinajstić information content (AvgIpc) is 2.75. The molecule has 0 aromatic rings. The second kappa shape index (κ2) is 6.93. The molecule has 0 spiro atoms. The number of aliphatic hydroxyl groups excluding tert-OH is 1. The molecule has 0 aliphatic carbocycles. The molecule has 4 N–H and O–H groups in total. The number of hydrogen-bond acceptors (Lipinski definition) is 4. The number of carbonyl (C=O) groups is 3. The number of carboxylic acids is 1. The zero-order valence-corrected chi connectivity index (χ0v) is 10.8. The lowest BCUT2D eigenvalue weighted by Crippen LogP contribution is -2.48. The number of aliphatic carboxylic acids is 1. The molecule has 8 nitrogen and oxygen atoms in total. The van der Waals surface area contributed by atoms with Crippen LogP contribution in [-0.2, 0) is 9.59 Å². The normalized spacial score (nSPS) is 22.1. The van der Waals surface area contributed by atoms with E-state index in [-0.39, 0.29) is 25.4 Å². The van der Waals surface area contributed by atoms with Crippen LogP contribution in [0.5, 0.6) is 0 Å². The number of nitrogens with one attached hydrogen (secondary N) is 2. The highest BCUT2D eigenvalue weighted by molar-refractivity contribution is 5.87. The van der Waals surface area contributed by atoms with E-state index in [1.807, 2.05) is 6.92 Å². The first-order valence-corrected chi connectivity index (χ1v) is 6.17. The van der Waals surface area contributed by atoms with Crippen molar-refractivity contribution >= 4 is 17.9 Å². The summed E-state index contributed by atoms with van der Waals surface area (Å²) in [6.07, 6.45) is -0.0510. The van der Waals surface area contributed by atoms with Crippen molar-refractivity contribution < 1.29 is 24.6 Å². The Morgan fingerprint density at radius 1 is 1.32 bits per heavy atom. The predicted molar refractivity (Wildman–Crippen MR) is 65.5 cm³/mol. The molecule has 1 heterocycles. The number of aliphatic hydroxyl groups is 1. The van der Waals surface area contributed by atoms with Crippen molar-refractivity contribution in [3.05, 3.63) is 0 Å². The number of likely N-dealkylation sites (tertiary alicyclic amines) is 1. The third-order valence-electron chi connectivity index (χ3n) is 2.80. The molecule has 19 heavy (non-hydrogen) atoms. The number of hydrogen-bond donors (Lipinski definition) is 4. The van der Waals surface area contributed by atoms with Gasteiger partial charge in [0.1, 0.15) is 6.04 Å². The van der Waals surface area contributed by atoms with Crippen molar-refractivity contribution in [2.45, 2.75) is 31.9 Å². The van der Waals surface area contributed by atoms with Crippen LogP contribution in [0.25, 0.3) is 0 Å². The number of rotatable bonds is 5. The Hall–Kier alpha value is -1.83. The Labute approximate surface area is 110 Å². The molecule has 8 heteroatoms. The number of carboxylic acid groups (broad SMARTS) is 1. The van der Waals surface area contributed by atoms with Gasteiger partial charge in [0.15, 0.2) is 0 Å². The van der Waals surface area contributed by atoms with E-state index in [2.05, 4.69) is 10.6 Å². The highest BCUT2D eigenvalue weighted by Gasteiger charge is 2.38. The van der Waals surface area contributed by atoms with Gasteiger partial charge in [-0.2, -0.15) is 0 Å². The fourth-order valence-corrected chi connectivity index (χ4v) is 1.86. The maximum Gasteiger partial charge on any atom is 0.326 e. The van der Waals surface area contributed by atoms with Crippen molar-refractivity contribution in [1.82, 2.24) is 15.5 Å². The lowest BCUT2D eigenvalue weighted by Gasteiger charge is -2.21. The first-order valence-electron chi connectivity index (χ1n) is 6.17. The van der Waals surface area contributed by atoms with Crippen LogP contribution in [-0.4, -0.2) is 64.8 Å². The van der Waals surface area contributed by atoms with Gasteiger partial charge in [0.2, 0.25) is 5.91 Å². The van der Waals surface area contributed by atoms with Crippen LogP contribution in [0.4, 0.5) is 4.79 Å². The number of amides is 3. The van der Waals surface area contributed by atoms with Crippen molar-refractivity contribution in [3.8, 4) is 0 Å². The summed E-state index contributed by atoms with van der Waals surface area (Å²) in [7, 11) is 0. The smallest absolute Gasteiger partial charge is 0.326 e. The Bertz CT molecular complexity index is 360. The van der Waals surface area contributed by atoms with Gasteiger partial charge >= 0.3 is 12.0 Å². The van der Waals surface area contributed by atoms with Gasteiger partial charge in [0, 0.05) is 19.5 Å². The molecule has 0 aromatic carbocycles. The molecule has 2 atom stereocenters. The summed E-state index contributed by atoms with van der Waals surface area (Å²) in [6, 6.07) is -1.70. The second-order valence-corrected chi connectivity index (χ2v) is 4.40. The summed E-state index contributed by atoms with van der Waals surface area (Å²) >= 11 is 0. The van der Waals surface area contributed by atoms with E-state index in [1.165, 1.54) is 0 Å². The molecule has 2 unspecified atom stereocenters. The van der Waals surface area contributed by atoms with Gasteiger partial charge in [0.05, 0.1) is 12.6 Å². The van der Waals surface area contributed by atoms with Crippen molar-refractivity contribution in [3.63, 3.8) is 0 Å². The van der Waals surface area contributed by atoms with E-state index in [1.54, 1.807) is 0 Å². The van der Waals surface area contributed by atoms with Crippen LogP contribution in [0.1, 0.15) is 19.8 Å². The van der Waals surface area contributed by atoms with E-state index in [4.69, 9.17) is 5.11 Å². The SMILES string of the molecule is CCCNC(=O)CNC(=O)N1CC(O)CC1C(=O)O. The topological polar surface area (TPSA) is 119 Å². The molecular weight excluding hydrogens is 254 g/mol. The van der Waals surface area contributed by atoms with Crippen molar-refractivity contribution in [1.29, 1.82) is 0 Å². The van der Waals surface area contributed by atoms with E-state index < -0.39 is 24.1 Å². The van der Waals surface area contributed by atoms with Gasteiger partial charge in [-0.25, -0.2) is 9.59 Å². The van der Waals surface area contributed by atoms with Crippen molar-refractivity contribution in [2.75, 3.05) is 19.6 Å². The molecule has 0 aromatic heterocycles. The number of urea groups is 1. The zero-order valence-electron chi connectivity index (χ0n) is 10.8. The fourth-order valence-electron chi connectivity index (χ4n) is 1.86. The minimum atomic E-state index is -1.16. The maximum atomic E-state index is 11.7. The molecule has 1 rings (SSSR count). The van der Waals surface area contributed by atoms with Crippen molar-refractivity contribution in [2.24, 2.45) is 0 Å². The monoisotopic (exact) mass is 273 g/mol. The summed E-state index contributed by atoms with van der Waals surface area (Å²) in [5.74, 6) is -1.50. The first kappa shape index (κ1) is 15.2. The summed E-state index contributed by atoms with van der Waals surface area (Å²) in [6.45, 7) is 2.17. The molecule has 1 saturated heterocycles. The number of nitrogens with zero attached hydrogens (tertiary/aromatic N) is 1. The quantitative estimate of drug-likeness (QED) is 0.498. The first-order chi connectivity index (χ1) is 8.95. The molecule has 1 fully saturated rings. The van der Waals surface area contributed by atoms with E-state index in [0.29, 0.717) is 6.54 Å². The second-order valence-electron chi connectivity index (χ2n) is 4.40. The van der Waals surface area contributed by atoms with Gasteiger partial charge in [0.25, 0.3) is 0 Å². The van der Waals surface area contributed by atoms with Gasteiger partial charge in [-0.05, 0) is 6.42 Å². The van der Waals surface area contributed by atoms with Gasteiger partial charge in [-0.15, -0.1) is 0 Å². The van der Waals surface area contributed by atoms with Gasteiger partial charge in [-0.1, -0.05) is 6.92 Å². The highest BCUT2D eigenvalue weighted by Crippen LogP contribution is 2.17. The molecule has 0 saturated carbocycles. The molecule has 108 valence electrons. The molecule has 0 radical (unpaired) electrons. The summed E-state index contributed by atoms with van der Waals surface area (Å²) in [5.41, 5.74) is 0. The molecule has 3 amide bonds. The average molecular weight is 273 g/mol. The minimum absolute atomic E-state index is 0.00475. The van der Waals surface area contributed by atoms with Crippen LogP contribution in [0.2, 0.25) is 0 Å². The van der Waals surface area contributed by atoms with Gasteiger partial charge < -0.3 is 25.7 Å². The van der Waals surface area contributed by atoms with Crippen LogP contribution in [0.15, 0.2) is 0 Å². The Balaban J connectivity index is 2.44. The molecule has 0 bridgehead atoms. The Kier molecular flexibility index (Phi) is 5.56. The fraction of sp³-hybridized carbons (Fsp3) is 0.727. The number of carbonyl (C=O) groups excluding carboxylic acids is 2. The van der Waals surface area contributed by atoms with E-state index in [0.717, 1.165) is 11.3 Å². The summed E-state index contributed by atoms with van der Waals surface area (Å²) in [4.78, 5) is 35.0. The lowest BCUT2D eigenvalue weighted by molar-refractivity contribution is -0.141. The zero-order chi connectivity index (χ0) is 14.4. The largest absolute Gasteiger partial charge is 0.480 e. The maximum absolute atomic E-state index is 11.7. The predicted octanol–water partition coefficient (Wildman–Crippen LogP) is -1.26. The molecule has 1 aliphatic heterocycles. The highest BCUT2D eigenvalue weighted by atomic mass is 16.4. The van der Waals surface area contributed by atoms with Crippen LogP contribution in [0, 0.1) is 0 Å². The van der Waals surface area contributed by atoms with Crippen LogP contribution >= 0.6 is 0 Å².